The first-order valence-corrected chi connectivity index (χ1v) is 8.76. The van der Waals surface area contributed by atoms with E-state index in [0.29, 0.717) is 5.56 Å². The van der Waals surface area contributed by atoms with Gasteiger partial charge in [-0.2, -0.15) is 5.26 Å². The van der Waals surface area contributed by atoms with Gasteiger partial charge in [-0.25, -0.2) is 9.97 Å². The van der Waals surface area contributed by atoms with Crippen LogP contribution in [0.15, 0.2) is 84.9 Å². The molecule has 0 spiro atoms. The van der Waals surface area contributed by atoms with Crippen molar-refractivity contribution in [1.82, 2.24) is 9.97 Å². The zero-order valence-corrected chi connectivity index (χ0v) is 14.9. The highest BCUT2D eigenvalue weighted by atomic mass is 14.8. The van der Waals surface area contributed by atoms with Gasteiger partial charge in [0.1, 0.15) is 0 Å². The van der Waals surface area contributed by atoms with E-state index in [1.54, 1.807) is 6.07 Å². The molecule has 3 heteroatoms. The van der Waals surface area contributed by atoms with E-state index in [4.69, 9.17) is 9.97 Å². The lowest BCUT2D eigenvalue weighted by Crippen LogP contribution is -2.00. The Balaban J connectivity index is 1.99. The fourth-order valence-corrected chi connectivity index (χ4v) is 3.12. The predicted molar refractivity (Wildman–Crippen MR) is 108 cm³/mol. The monoisotopic (exact) mass is 347 g/mol. The molecule has 0 radical (unpaired) electrons. The van der Waals surface area contributed by atoms with Crippen LogP contribution in [0.25, 0.3) is 33.8 Å². The summed E-state index contributed by atoms with van der Waals surface area (Å²) in [6, 6.07) is 29.8. The number of aryl methyl sites for hydroxylation is 1. The molecule has 128 valence electrons. The van der Waals surface area contributed by atoms with E-state index in [0.717, 1.165) is 39.5 Å². The molecule has 4 aromatic rings. The third-order valence-electron chi connectivity index (χ3n) is 4.43. The quantitative estimate of drug-likeness (QED) is 0.480. The summed E-state index contributed by atoms with van der Waals surface area (Å²) in [4.78, 5) is 9.90. The van der Waals surface area contributed by atoms with Crippen molar-refractivity contribution in [2.24, 2.45) is 0 Å². The number of nitrogens with zero attached hydrogens (tertiary/aromatic N) is 3. The van der Waals surface area contributed by atoms with Crippen molar-refractivity contribution in [3.8, 4) is 39.8 Å². The van der Waals surface area contributed by atoms with Crippen LogP contribution >= 0.6 is 0 Å². The fraction of sp³-hybridized carbons (Fsp3) is 0.0417. The van der Waals surface area contributed by atoms with Crippen LogP contribution < -0.4 is 0 Å². The lowest BCUT2D eigenvalue weighted by atomic mass is 10.0. The Labute approximate surface area is 158 Å². The summed E-state index contributed by atoms with van der Waals surface area (Å²) in [7, 11) is 0. The van der Waals surface area contributed by atoms with Gasteiger partial charge in [0.2, 0.25) is 0 Å². The van der Waals surface area contributed by atoms with E-state index in [1.165, 1.54) is 0 Å². The number of benzene rings is 3. The lowest BCUT2D eigenvalue weighted by molar-refractivity contribution is 1.13. The molecule has 0 fully saturated rings. The highest BCUT2D eigenvalue weighted by Gasteiger charge is 2.16. The van der Waals surface area contributed by atoms with Crippen molar-refractivity contribution in [3.63, 3.8) is 0 Å². The van der Waals surface area contributed by atoms with Crippen LogP contribution in [0.3, 0.4) is 0 Å². The van der Waals surface area contributed by atoms with Crippen molar-refractivity contribution in [2.45, 2.75) is 6.92 Å². The molecular formula is C24H17N3. The van der Waals surface area contributed by atoms with Gasteiger partial charge in [0.25, 0.3) is 0 Å². The Hall–Kier alpha value is -3.77. The summed E-state index contributed by atoms with van der Waals surface area (Å²) in [5, 5.41) is 9.29. The van der Waals surface area contributed by atoms with Gasteiger partial charge in [-0.05, 0) is 19.1 Å². The first-order valence-electron chi connectivity index (χ1n) is 8.76. The van der Waals surface area contributed by atoms with Crippen LogP contribution in [0.2, 0.25) is 0 Å². The second kappa shape index (κ2) is 7.23. The predicted octanol–water partition coefficient (Wildman–Crippen LogP) is 5.66. The molecule has 1 aromatic heterocycles. The summed E-state index contributed by atoms with van der Waals surface area (Å²) in [5.74, 6) is 0. The zero-order chi connectivity index (χ0) is 18.6. The molecule has 0 amide bonds. The number of nitriles is 1. The highest BCUT2D eigenvalue weighted by molar-refractivity contribution is 5.81. The number of rotatable bonds is 3. The number of hydrogen-bond donors (Lipinski definition) is 0. The highest BCUT2D eigenvalue weighted by Crippen LogP contribution is 2.33. The van der Waals surface area contributed by atoms with Crippen molar-refractivity contribution >= 4 is 0 Å². The van der Waals surface area contributed by atoms with Crippen LogP contribution in [0, 0.1) is 18.3 Å². The third kappa shape index (κ3) is 3.33. The van der Waals surface area contributed by atoms with Gasteiger partial charge in [-0.1, -0.05) is 72.8 Å². The molecule has 0 bridgehead atoms. The van der Waals surface area contributed by atoms with E-state index in [-0.39, 0.29) is 0 Å². The van der Waals surface area contributed by atoms with Crippen LogP contribution in [0.1, 0.15) is 11.3 Å². The first kappa shape index (κ1) is 16.7. The van der Waals surface area contributed by atoms with E-state index in [2.05, 4.69) is 6.07 Å². The molecule has 0 unspecified atom stereocenters. The molecular weight excluding hydrogens is 330 g/mol. The van der Waals surface area contributed by atoms with E-state index < -0.39 is 0 Å². The molecule has 0 saturated heterocycles. The maximum absolute atomic E-state index is 9.29. The second-order valence-electron chi connectivity index (χ2n) is 6.28. The molecule has 0 saturated carbocycles. The molecule has 4 rings (SSSR count). The molecule has 0 aliphatic heterocycles. The first-order chi connectivity index (χ1) is 13.3. The smallest absolute Gasteiger partial charge is 0.0991 e. The van der Waals surface area contributed by atoms with Gasteiger partial charge in [0, 0.05) is 16.7 Å². The Morgan fingerprint density at radius 1 is 0.630 bits per heavy atom. The van der Waals surface area contributed by atoms with Crippen LogP contribution in [-0.2, 0) is 0 Å². The van der Waals surface area contributed by atoms with Gasteiger partial charge in [0.15, 0.2) is 0 Å². The SMILES string of the molecule is Cc1nc(-c2ccccc2)c(-c2cccc(C#N)c2)nc1-c1ccccc1. The van der Waals surface area contributed by atoms with E-state index in [1.807, 2.05) is 85.8 Å². The molecule has 3 nitrogen and oxygen atoms in total. The van der Waals surface area contributed by atoms with Crippen molar-refractivity contribution < 1.29 is 0 Å². The van der Waals surface area contributed by atoms with Gasteiger partial charge < -0.3 is 0 Å². The normalized spacial score (nSPS) is 10.4. The zero-order valence-electron chi connectivity index (χ0n) is 14.9. The fourth-order valence-electron chi connectivity index (χ4n) is 3.12. The van der Waals surface area contributed by atoms with E-state index >= 15 is 0 Å². The number of aromatic nitrogens is 2. The van der Waals surface area contributed by atoms with Crippen molar-refractivity contribution in [2.75, 3.05) is 0 Å². The topological polar surface area (TPSA) is 49.6 Å². The Morgan fingerprint density at radius 2 is 1.19 bits per heavy atom. The molecule has 0 aliphatic carbocycles. The van der Waals surface area contributed by atoms with Gasteiger partial charge in [-0.15, -0.1) is 0 Å². The summed E-state index contributed by atoms with van der Waals surface area (Å²) in [6.45, 7) is 1.98. The maximum Gasteiger partial charge on any atom is 0.0991 e. The summed E-state index contributed by atoms with van der Waals surface area (Å²) in [6.07, 6.45) is 0. The standard InChI is InChI=1S/C24H17N3/c1-17-22(19-10-4-2-5-11-19)27-24(21-14-8-9-18(15-21)16-25)23(26-17)20-12-6-3-7-13-20/h2-15H,1H3. The van der Waals surface area contributed by atoms with Crippen molar-refractivity contribution in [3.05, 3.63) is 96.2 Å². The van der Waals surface area contributed by atoms with E-state index in [9.17, 15) is 5.26 Å². The van der Waals surface area contributed by atoms with Crippen molar-refractivity contribution in [1.29, 1.82) is 5.26 Å². The van der Waals surface area contributed by atoms with Crippen LogP contribution in [-0.4, -0.2) is 9.97 Å². The molecule has 3 aromatic carbocycles. The molecule has 0 atom stereocenters. The van der Waals surface area contributed by atoms with Gasteiger partial charge >= 0.3 is 0 Å². The van der Waals surface area contributed by atoms with Crippen LogP contribution in [0.4, 0.5) is 0 Å². The Morgan fingerprint density at radius 3 is 1.81 bits per heavy atom. The second-order valence-corrected chi connectivity index (χ2v) is 6.28. The third-order valence-corrected chi connectivity index (χ3v) is 4.43. The number of hydrogen-bond acceptors (Lipinski definition) is 3. The van der Waals surface area contributed by atoms with Gasteiger partial charge in [0.05, 0.1) is 34.4 Å². The summed E-state index contributed by atoms with van der Waals surface area (Å²) >= 11 is 0. The molecule has 1 heterocycles. The largest absolute Gasteiger partial charge is 0.249 e. The summed E-state index contributed by atoms with van der Waals surface area (Å²) in [5.41, 5.74) is 6.86. The minimum atomic E-state index is 0.607. The molecule has 27 heavy (non-hydrogen) atoms. The average Bonchev–Trinajstić information content (AvgIpc) is 2.75. The minimum Gasteiger partial charge on any atom is -0.249 e. The Kier molecular flexibility index (Phi) is 4.47. The summed E-state index contributed by atoms with van der Waals surface area (Å²) < 4.78 is 0. The van der Waals surface area contributed by atoms with Gasteiger partial charge in [-0.3, -0.25) is 0 Å². The maximum atomic E-state index is 9.29. The molecule has 0 N–H and O–H groups in total. The minimum absolute atomic E-state index is 0.607. The lowest BCUT2D eigenvalue weighted by Gasteiger charge is -2.14. The Bertz CT molecular complexity index is 1130. The van der Waals surface area contributed by atoms with Crippen LogP contribution in [0.5, 0.6) is 0 Å². The molecule has 0 aliphatic rings. The average molecular weight is 347 g/mol.